The zero-order chi connectivity index (χ0) is 13.9. The second-order valence-corrected chi connectivity index (χ2v) is 4.77. The lowest BCUT2D eigenvalue weighted by atomic mass is 10.0. The summed E-state index contributed by atoms with van der Waals surface area (Å²) < 4.78 is 0. The monoisotopic (exact) mass is 263 g/mol. The van der Waals surface area contributed by atoms with Crippen molar-refractivity contribution in [2.45, 2.75) is 13.3 Å². The fourth-order valence-electron chi connectivity index (χ4n) is 2.37. The minimum Gasteiger partial charge on any atom is -0.323 e. The fourth-order valence-corrected chi connectivity index (χ4v) is 2.37. The highest BCUT2D eigenvalue weighted by Gasteiger charge is 2.07. The quantitative estimate of drug-likeness (QED) is 0.559. The number of nitrogen functional groups attached to an aromatic ring is 1. The average Bonchev–Trinajstić information content (AvgIpc) is 2.54. The van der Waals surface area contributed by atoms with Crippen LogP contribution in [0.25, 0.3) is 22.2 Å². The molecule has 3 heteroatoms. The van der Waals surface area contributed by atoms with E-state index in [1.54, 1.807) is 0 Å². The van der Waals surface area contributed by atoms with Gasteiger partial charge in [0, 0.05) is 10.9 Å². The van der Waals surface area contributed by atoms with Gasteiger partial charge in [-0.15, -0.1) is 0 Å². The molecule has 0 unspecified atom stereocenters. The van der Waals surface area contributed by atoms with Gasteiger partial charge in [-0.25, -0.2) is 4.98 Å². The van der Waals surface area contributed by atoms with E-state index < -0.39 is 0 Å². The van der Waals surface area contributed by atoms with E-state index in [0.717, 1.165) is 34.3 Å². The number of nitrogens with zero attached hydrogens (tertiary/aromatic N) is 1. The summed E-state index contributed by atoms with van der Waals surface area (Å²) in [5.74, 6) is 5.68. The average molecular weight is 263 g/mol. The second-order valence-electron chi connectivity index (χ2n) is 4.77. The van der Waals surface area contributed by atoms with E-state index >= 15 is 0 Å². The third kappa shape index (κ3) is 2.24. The molecule has 0 atom stereocenters. The number of benzene rings is 2. The van der Waals surface area contributed by atoms with Crippen LogP contribution < -0.4 is 11.3 Å². The zero-order valence-corrected chi connectivity index (χ0v) is 11.4. The Morgan fingerprint density at radius 2 is 1.85 bits per heavy atom. The fraction of sp³-hybridized carbons (Fsp3) is 0.118. The molecule has 0 saturated heterocycles. The summed E-state index contributed by atoms with van der Waals surface area (Å²) in [4.78, 5) is 4.73. The zero-order valence-electron chi connectivity index (χ0n) is 11.4. The summed E-state index contributed by atoms with van der Waals surface area (Å²) in [6.07, 6.45) is 1.00. The van der Waals surface area contributed by atoms with Crippen LogP contribution >= 0.6 is 0 Å². The molecule has 0 spiro atoms. The molecule has 3 N–H and O–H groups in total. The third-order valence-electron chi connectivity index (χ3n) is 3.51. The molecule has 3 rings (SSSR count). The minimum atomic E-state index is 0.907. The summed E-state index contributed by atoms with van der Waals surface area (Å²) in [6, 6.07) is 18.4. The Bertz CT molecular complexity index is 736. The highest BCUT2D eigenvalue weighted by molar-refractivity contribution is 5.94. The Balaban J connectivity index is 2.22. The van der Waals surface area contributed by atoms with Gasteiger partial charge in [0.25, 0.3) is 0 Å². The summed E-state index contributed by atoms with van der Waals surface area (Å²) >= 11 is 0. The molecule has 0 amide bonds. The Hall–Kier alpha value is -2.39. The predicted molar refractivity (Wildman–Crippen MR) is 84.4 cm³/mol. The molecule has 1 heterocycles. The number of pyridine rings is 1. The first-order valence-electron chi connectivity index (χ1n) is 6.77. The van der Waals surface area contributed by atoms with Gasteiger partial charge in [0.1, 0.15) is 0 Å². The normalized spacial score (nSPS) is 10.7. The van der Waals surface area contributed by atoms with Crippen molar-refractivity contribution in [3.05, 3.63) is 60.2 Å². The summed E-state index contributed by atoms with van der Waals surface area (Å²) in [5.41, 5.74) is 7.95. The van der Waals surface area contributed by atoms with Crippen LogP contribution in [0.4, 0.5) is 5.69 Å². The Kier molecular flexibility index (Phi) is 3.35. The molecule has 3 aromatic rings. The summed E-state index contributed by atoms with van der Waals surface area (Å²) in [6.45, 7) is 2.14. The first-order valence-corrected chi connectivity index (χ1v) is 6.77. The predicted octanol–water partition coefficient (Wildman–Crippen LogP) is 3.75. The molecule has 20 heavy (non-hydrogen) atoms. The van der Waals surface area contributed by atoms with Gasteiger partial charge in [-0.3, -0.25) is 5.84 Å². The largest absolute Gasteiger partial charge is 0.323 e. The standard InChI is InChI=1S/C17H17N3/c1-2-12-8-9-15-14(10-12)17(20-18)11-16(19-15)13-6-4-3-5-7-13/h3-11H,2,18H2,1H3,(H,19,20). The highest BCUT2D eigenvalue weighted by Crippen LogP contribution is 2.28. The first kappa shape index (κ1) is 12.6. The van der Waals surface area contributed by atoms with Gasteiger partial charge in [0.15, 0.2) is 0 Å². The lowest BCUT2D eigenvalue weighted by molar-refractivity contribution is 1.14. The van der Waals surface area contributed by atoms with Gasteiger partial charge in [-0.05, 0) is 30.2 Å². The van der Waals surface area contributed by atoms with Crippen LogP contribution in [0.5, 0.6) is 0 Å². The van der Waals surface area contributed by atoms with Crippen LogP contribution in [-0.2, 0) is 6.42 Å². The Labute approximate surface area is 118 Å². The molecular weight excluding hydrogens is 246 g/mol. The number of hydrazine groups is 1. The molecule has 0 fully saturated rings. The SMILES string of the molecule is CCc1ccc2nc(-c3ccccc3)cc(NN)c2c1. The van der Waals surface area contributed by atoms with Crippen LogP contribution in [0, 0.1) is 0 Å². The molecule has 0 aliphatic rings. The molecule has 0 aliphatic heterocycles. The number of nitrogens with two attached hydrogens (primary N) is 1. The highest BCUT2D eigenvalue weighted by atomic mass is 15.2. The van der Waals surface area contributed by atoms with E-state index in [-0.39, 0.29) is 0 Å². The van der Waals surface area contributed by atoms with E-state index in [0.29, 0.717) is 0 Å². The maximum atomic E-state index is 5.68. The van der Waals surface area contributed by atoms with Crippen molar-refractivity contribution < 1.29 is 0 Å². The van der Waals surface area contributed by atoms with E-state index in [1.807, 2.05) is 24.3 Å². The van der Waals surface area contributed by atoms with E-state index in [2.05, 4.69) is 42.7 Å². The number of nitrogens with one attached hydrogen (secondary N) is 1. The molecular formula is C17H17N3. The minimum absolute atomic E-state index is 0.907. The molecule has 0 aliphatic carbocycles. The van der Waals surface area contributed by atoms with Gasteiger partial charge >= 0.3 is 0 Å². The Morgan fingerprint density at radius 3 is 2.55 bits per heavy atom. The van der Waals surface area contributed by atoms with Crippen molar-refractivity contribution in [3.63, 3.8) is 0 Å². The lowest BCUT2D eigenvalue weighted by Crippen LogP contribution is -2.08. The van der Waals surface area contributed by atoms with Crippen molar-refractivity contribution >= 4 is 16.6 Å². The van der Waals surface area contributed by atoms with Crippen LogP contribution in [0.15, 0.2) is 54.6 Å². The van der Waals surface area contributed by atoms with Crippen LogP contribution in [0.3, 0.4) is 0 Å². The van der Waals surface area contributed by atoms with Gasteiger partial charge in [0.2, 0.25) is 0 Å². The number of anilines is 1. The second kappa shape index (κ2) is 5.31. The van der Waals surface area contributed by atoms with Crippen molar-refractivity contribution in [1.82, 2.24) is 4.98 Å². The van der Waals surface area contributed by atoms with Crippen LogP contribution in [-0.4, -0.2) is 4.98 Å². The number of hydrogen-bond acceptors (Lipinski definition) is 3. The van der Waals surface area contributed by atoms with E-state index in [1.165, 1.54) is 5.56 Å². The molecule has 0 saturated carbocycles. The molecule has 100 valence electrons. The first-order chi connectivity index (χ1) is 9.81. The number of aryl methyl sites for hydroxylation is 1. The van der Waals surface area contributed by atoms with Crippen molar-refractivity contribution in [3.8, 4) is 11.3 Å². The molecule has 1 aromatic heterocycles. The van der Waals surface area contributed by atoms with Gasteiger partial charge in [-0.2, -0.15) is 0 Å². The van der Waals surface area contributed by atoms with E-state index in [4.69, 9.17) is 10.8 Å². The number of fused-ring (bicyclic) bond motifs is 1. The molecule has 3 nitrogen and oxygen atoms in total. The molecule has 0 bridgehead atoms. The summed E-state index contributed by atoms with van der Waals surface area (Å²) in [5, 5.41) is 1.06. The van der Waals surface area contributed by atoms with Crippen LogP contribution in [0.1, 0.15) is 12.5 Å². The van der Waals surface area contributed by atoms with Crippen molar-refractivity contribution in [2.24, 2.45) is 5.84 Å². The third-order valence-corrected chi connectivity index (χ3v) is 3.51. The van der Waals surface area contributed by atoms with Crippen molar-refractivity contribution in [2.75, 3.05) is 5.43 Å². The van der Waals surface area contributed by atoms with Gasteiger partial charge < -0.3 is 5.43 Å². The number of aromatic nitrogens is 1. The van der Waals surface area contributed by atoms with E-state index in [9.17, 15) is 0 Å². The molecule has 2 aromatic carbocycles. The Morgan fingerprint density at radius 1 is 1.05 bits per heavy atom. The maximum absolute atomic E-state index is 5.68. The van der Waals surface area contributed by atoms with Crippen molar-refractivity contribution in [1.29, 1.82) is 0 Å². The summed E-state index contributed by atoms with van der Waals surface area (Å²) in [7, 11) is 0. The lowest BCUT2D eigenvalue weighted by Gasteiger charge is -2.10. The smallest absolute Gasteiger partial charge is 0.0731 e. The topological polar surface area (TPSA) is 50.9 Å². The number of rotatable bonds is 3. The van der Waals surface area contributed by atoms with Gasteiger partial charge in [-0.1, -0.05) is 43.3 Å². The molecule has 0 radical (unpaired) electrons. The van der Waals surface area contributed by atoms with Gasteiger partial charge in [0.05, 0.1) is 16.9 Å². The number of hydrogen-bond donors (Lipinski definition) is 2. The van der Waals surface area contributed by atoms with Crippen LogP contribution in [0.2, 0.25) is 0 Å². The maximum Gasteiger partial charge on any atom is 0.0731 e.